The zero-order valence-corrected chi connectivity index (χ0v) is 14.5. The number of nitrogens with zero attached hydrogens (tertiary/aromatic N) is 1. The molecule has 1 unspecified atom stereocenters. The Kier molecular flexibility index (Phi) is 5.22. The van der Waals surface area contributed by atoms with E-state index in [1.807, 2.05) is 30.3 Å². The Labute approximate surface area is 144 Å². The van der Waals surface area contributed by atoms with Gasteiger partial charge in [0.05, 0.1) is 4.90 Å². The van der Waals surface area contributed by atoms with E-state index in [0.29, 0.717) is 31.3 Å². The molecule has 3 rings (SSSR count). The summed E-state index contributed by atoms with van der Waals surface area (Å²) >= 11 is 1.70. The molecule has 1 aliphatic rings. The Bertz CT molecular complexity index is 792. The fraction of sp³-hybridized carbons (Fsp3) is 0.294. The molecule has 0 aliphatic carbocycles. The van der Waals surface area contributed by atoms with Gasteiger partial charge in [-0.25, -0.2) is 17.2 Å². The van der Waals surface area contributed by atoms with Crippen molar-refractivity contribution in [3.05, 3.63) is 65.7 Å². The minimum atomic E-state index is -3.90. The molecular formula is C17H17F2NO2S2. The van der Waals surface area contributed by atoms with E-state index < -0.39 is 21.7 Å². The largest absolute Gasteiger partial charge is 0.243 e. The van der Waals surface area contributed by atoms with Crippen LogP contribution >= 0.6 is 11.8 Å². The molecular weight excluding hydrogens is 352 g/mol. The molecule has 24 heavy (non-hydrogen) atoms. The molecule has 1 fully saturated rings. The molecule has 0 spiro atoms. The van der Waals surface area contributed by atoms with Crippen LogP contribution in [0.4, 0.5) is 8.78 Å². The maximum Gasteiger partial charge on any atom is 0.243 e. The van der Waals surface area contributed by atoms with Crippen molar-refractivity contribution in [3.63, 3.8) is 0 Å². The fourth-order valence-electron chi connectivity index (χ4n) is 2.75. The highest BCUT2D eigenvalue weighted by Gasteiger charge is 2.29. The molecule has 0 saturated carbocycles. The highest BCUT2D eigenvalue weighted by atomic mass is 32.2. The van der Waals surface area contributed by atoms with Gasteiger partial charge in [0, 0.05) is 30.2 Å². The van der Waals surface area contributed by atoms with Gasteiger partial charge in [0.2, 0.25) is 10.0 Å². The number of hydrogen-bond acceptors (Lipinski definition) is 3. The maximum atomic E-state index is 13.4. The summed E-state index contributed by atoms with van der Waals surface area (Å²) in [6.45, 7) is 0.654. The first-order chi connectivity index (χ1) is 11.5. The van der Waals surface area contributed by atoms with Crippen molar-refractivity contribution in [2.45, 2.75) is 16.6 Å². The van der Waals surface area contributed by atoms with Gasteiger partial charge in [0.15, 0.2) is 0 Å². The van der Waals surface area contributed by atoms with Crippen LogP contribution in [0.15, 0.2) is 53.4 Å². The van der Waals surface area contributed by atoms with Crippen LogP contribution in [0.1, 0.15) is 17.2 Å². The summed E-state index contributed by atoms with van der Waals surface area (Å²) in [6, 6.07) is 12.3. The van der Waals surface area contributed by atoms with Gasteiger partial charge in [-0.2, -0.15) is 16.1 Å². The molecule has 1 saturated heterocycles. The Hall–Kier alpha value is -1.44. The van der Waals surface area contributed by atoms with Gasteiger partial charge in [-0.3, -0.25) is 0 Å². The van der Waals surface area contributed by atoms with E-state index in [1.165, 1.54) is 9.87 Å². The van der Waals surface area contributed by atoms with Crippen LogP contribution in [0, 0.1) is 11.6 Å². The average molecular weight is 369 g/mol. The molecule has 0 radical (unpaired) electrons. The predicted molar refractivity (Wildman–Crippen MR) is 91.4 cm³/mol. The third-order valence-corrected chi connectivity index (χ3v) is 7.15. The van der Waals surface area contributed by atoms with E-state index in [4.69, 9.17) is 0 Å². The second kappa shape index (κ2) is 7.21. The smallest absolute Gasteiger partial charge is 0.207 e. The second-order valence-electron chi connectivity index (χ2n) is 5.57. The lowest BCUT2D eigenvalue weighted by molar-refractivity contribution is 0.427. The number of thioether (sulfide) groups is 1. The van der Waals surface area contributed by atoms with Gasteiger partial charge >= 0.3 is 0 Å². The number of sulfonamides is 1. The third-order valence-electron chi connectivity index (χ3n) is 3.95. The van der Waals surface area contributed by atoms with Crippen LogP contribution in [-0.4, -0.2) is 31.6 Å². The van der Waals surface area contributed by atoms with E-state index in [1.54, 1.807) is 11.8 Å². The lowest BCUT2D eigenvalue weighted by Gasteiger charge is -2.20. The van der Waals surface area contributed by atoms with Crippen LogP contribution in [0.25, 0.3) is 0 Å². The lowest BCUT2D eigenvalue weighted by atomic mass is 10.1. The van der Waals surface area contributed by atoms with Crippen LogP contribution in [0.2, 0.25) is 0 Å². The minimum Gasteiger partial charge on any atom is -0.207 e. The second-order valence-corrected chi connectivity index (χ2v) is 8.82. The highest BCUT2D eigenvalue weighted by Crippen LogP contribution is 2.35. The molecule has 2 aromatic rings. The van der Waals surface area contributed by atoms with Gasteiger partial charge in [-0.15, -0.1) is 0 Å². The Balaban J connectivity index is 1.80. The molecule has 1 heterocycles. The summed E-state index contributed by atoms with van der Waals surface area (Å²) in [5, 5.41) is 0.218. The van der Waals surface area contributed by atoms with E-state index in [9.17, 15) is 17.2 Å². The Morgan fingerprint density at radius 3 is 2.33 bits per heavy atom. The van der Waals surface area contributed by atoms with Crippen molar-refractivity contribution in [1.82, 2.24) is 4.31 Å². The molecule has 128 valence electrons. The molecule has 1 atom stereocenters. The van der Waals surface area contributed by atoms with Crippen molar-refractivity contribution in [2.24, 2.45) is 0 Å². The standard InChI is InChI=1S/C17H17F2NO2S2/c18-14-10-15(19)12-16(11-14)24(21,22)20-7-6-17(23-9-8-20)13-4-2-1-3-5-13/h1-5,10-12,17H,6-9H2. The van der Waals surface area contributed by atoms with Crippen LogP contribution < -0.4 is 0 Å². The van der Waals surface area contributed by atoms with Gasteiger partial charge in [0.25, 0.3) is 0 Å². The molecule has 7 heteroatoms. The quantitative estimate of drug-likeness (QED) is 0.825. The van der Waals surface area contributed by atoms with E-state index in [0.717, 1.165) is 12.1 Å². The van der Waals surface area contributed by atoms with E-state index in [2.05, 4.69) is 0 Å². The topological polar surface area (TPSA) is 37.4 Å². The highest BCUT2D eigenvalue weighted by molar-refractivity contribution is 7.99. The first kappa shape index (κ1) is 17.4. The number of hydrogen-bond donors (Lipinski definition) is 0. The first-order valence-electron chi connectivity index (χ1n) is 7.59. The number of benzene rings is 2. The molecule has 0 N–H and O–H groups in total. The monoisotopic (exact) mass is 369 g/mol. The van der Waals surface area contributed by atoms with Gasteiger partial charge in [-0.05, 0) is 24.1 Å². The van der Waals surface area contributed by atoms with Gasteiger partial charge in [-0.1, -0.05) is 30.3 Å². The van der Waals surface area contributed by atoms with E-state index >= 15 is 0 Å². The molecule has 3 nitrogen and oxygen atoms in total. The van der Waals surface area contributed by atoms with Crippen LogP contribution in [0.3, 0.4) is 0 Å². The van der Waals surface area contributed by atoms with Crippen molar-refractivity contribution in [3.8, 4) is 0 Å². The molecule has 2 aromatic carbocycles. The van der Waals surface area contributed by atoms with Crippen LogP contribution in [0.5, 0.6) is 0 Å². The summed E-state index contributed by atoms with van der Waals surface area (Å²) in [7, 11) is -3.90. The van der Waals surface area contributed by atoms with Crippen LogP contribution in [-0.2, 0) is 10.0 Å². The van der Waals surface area contributed by atoms with Gasteiger partial charge < -0.3 is 0 Å². The Morgan fingerprint density at radius 2 is 1.67 bits per heavy atom. The molecule has 1 aliphatic heterocycles. The average Bonchev–Trinajstić information content (AvgIpc) is 2.81. The Morgan fingerprint density at radius 1 is 1.00 bits per heavy atom. The molecule has 0 amide bonds. The van der Waals surface area contributed by atoms with E-state index in [-0.39, 0.29) is 10.1 Å². The van der Waals surface area contributed by atoms with Crippen molar-refractivity contribution < 1.29 is 17.2 Å². The summed E-state index contributed by atoms with van der Waals surface area (Å²) < 4.78 is 53.4. The number of rotatable bonds is 3. The van der Waals surface area contributed by atoms with Crippen molar-refractivity contribution >= 4 is 21.8 Å². The summed E-state index contributed by atoms with van der Waals surface area (Å²) in [4.78, 5) is -0.330. The first-order valence-corrected chi connectivity index (χ1v) is 10.1. The molecule has 0 bridgehead atoms. The minimum absolute atomic E-state index is 0.218. The summed E-state index contributed by atoms with van der Waals surface area (Å²) in [5.74, 6) is -1.14. The predicted octanol–water partition coefficient (Wildman–Crippen LogP) is 3.83. The zero-order valence-electron chi connectivity index (χ0n) is 12.9. The summed E-state index contributed by atoms with van der Waals surface area (Å²) in [6.07, 6.45) is 0.658. The van der Waals surface area contributed by atoms with Crippen molar-refractivity contribution in [1.29, 1.82) is 0 Å². The normalized spacial score (nSPS) is 19.8. The third kappa shape index (κ3) is 3.79. The molecule has 0 aromatic heterocycles. The number of halogens is 2. The van der Waals surface area contributed by atoms with Crippen molar-refractivity contribution in [2.75, 3.05) is 18.8 Å². The lowest BCUT2D eigenvalue weighted by Crippen LogP contribution is -2.33. The maximum absolute atomic E-state index is 13.4. The van der Waals surface area contributed by atoms with Gasteiger partial charge in [0.1, 0.15) is 11.6 Å². The fourth-order valence-corrected chi connectivity index (χ4v) is 5.60. The summed E-state index contributed by atoms with van der Waals surface area (Å²) in [5.41, 5.74) is 1.17. The SMILES string of the molecule is O=S(=O)(c1cc(F)cc(F)c1)N1CCSC(c2ccccc2)CC1. The zero-order chi connectivity index (χ0) is 17.2.